The van der Waals surface area contributed by atoms with Crippen LogP contribution in [0.4, 0.5) is 0 Å². The van der Waals surface area contributed by atoms with E-state index in [1.165, 1.54) is 38.8 Å². The second-order valence-electron chi connectivity index (χ2n) is 5.65. The summed E-state index contributed by atoms with van der Waals surface area (Å²) < 4.78 is 0. The van der Waals surface area contributed by atoms with Gasteiger partial charge in [0, 0.05) is 17.6 Å². The molecule has 1 unspecified atom stereocenters. The summed E-state index contributed by atoms with van der Waals surface area (Å²) in [6, 6.07) is 0. The standard InChI is InChI=1S/C13H24N2/c1-4-5-12(2,3)15-10-7-13(8-11-15)6-9-14-13/h7,10,14H,4-6,8-9,11H2,1-3H3. The van der Waals surface area contributed by atoms with E-state index in [2.05, 4.69) is 43.3 Å². The number of rotatable bonds is 3. The Hall–Kier alpha value is -0.500. The van der Waals surface area contributed by atoms with E-state index >= 15 is 0 Å². The van der Waals surface area contributed by atoms with Crippen molar-refractivity contribution in [1.82, 2.24) is 10.2 Å². The molecule has 0 radical (unpaired) electrons. The highest BCUT2D eigenvalue weighted by Gasteiger charge is 2.38. The van der Waals surface area contributed by atoms with Gasteiger partial charge in [-0.1, -0.05) is 13.3 Å². The van der Waals surface area contributed by atoms with Crippen molar-refractivity contribution in [3.8, 4) is 0 Å². The third kappa shape index (κ3) is 2.05. The zero-order chi connectivity index (χ0) is 10.9. The molecule has 15 heavy (non-hydrogen) atoms. The molecule has 2 heterocycles. The number of hydrogen-bond donors (Lipinski definition) is 1. The maximum atomic E-state index is 3.55. The summed E-state index contributed by atoms with van der Waals surface area (Å²) in [6.45, 7) is 9.38. The van der Waals surface area contributed by atoms with Gasteiger partial charge in [0.05, 0.1) is 0 Å². The summed E-state index contributed by atoms with van der Waals surface area (Å²) in [6.07, 6.45) is 9.85. The highest BCUT2D eigenvalue weighted by molar-refractivity contribution is 5.16. The van der Waals surface area contributed by atoms with Crippen LogP contribution in [0.25, 0.3) is 0 Å². The van der Waals surface area contributed by atoms with Gasteiger partial charge in [0.2, 0.25) is 0 Å². The highest BCUT2D eigenvalue weighted by atomic mass is 15.2. The van der Waals surface area contributed by atoms with Crippen molar-refractivity contribution in [3.63, 3.8) is 0 Å². The third-order valence-corrected chi connectivity index (χ3v) is 4.06. The van der Waals surface area contributed by atoms with Gasteiger partial charge in [-0.2, -0.15) is 0 Å². The van der Waals surface area contributed by atoms with Crippen LogP contribution in [0.3, 0.4) is 0 Å². The van der Waals surface area contributed by atoms with Crippen LogP contribution in [-0.4, -0.2) is 29.1 Å². The topological polar surface area (TPSA) is 15.3 Å². The quantitative estimate of drug-likeness (QED) is 0.766. The molecule has 0 aromatic carbocycles. The van der Waals surface area contributed by atoms with Gasteiger partial charge in [0.25, 0.3) is 0 Å². The lowest BCUT2D eigenvalue weighted by molar-refractivity contribution is 0.121. The summed E-state index contributed by atoms with van der Waals surface area (Å²) in [5.41, 5.74) is 0.704. The smallest absolute Gasteiger partial charge is 0.0410 e. The molecule has 0 bridgehead atoms. The normalized spacial score (nSPS) is 30.7. The molecule has 2 rings (SSSR count). The van der Waals surface area contributed by atoms with Crippen LogP contribution in [0.15, 0.2) is 12.3 Å². The van der Waals surface area contributed by atoms with E-state index in [4.69, 9.17) is 0 Å². The highest BCUT2D eigenvalue weighted by Crippen LogP contribution is 2.32. The molecule has 1 spiro atoms. The minimum absolute atomic E-state index is 0.330. The molecule has 86 valence electrons. The molecule has 0 aromatic heterocycles. The second kappa shape index (κ2) is 3.82. The maximum absolute atomic E-state index is 3.55. The molecule has 2 nitrogen and oxygen atoms in total. The summed E-state index contributed by atoms with van der Waals surface area (Å²) in [4.78, 5) is 2.52. The zero-order valence-electron chi connectivity index (χ0n) is 10.3. The molecule has 1 atom stereocenters. The number of nitrogens with one attached hydrogen (secondary N) is 1. The molecule has 2 aliphatic heterocycles. The Morgan fingerprint density at radius 1 is 1.40 bits per heavy atom. The summed E-state index contributed by atoms with van der Waals surface area (Å²) in [5.74, 6) is 0. The fraction of sp³-hybridized carbons (Fsp3) is 0.846. The van der Waals surface area contributed by atoms with E-state index in [1.807, 2.05) is 0 Å². The van der Waals surface area contributed by atoms with Crippen LogP contribution in [0.2, 0.25) is 0 Å². The van der Waals surface area contributed by atoms with Crippen molar-refractivity contribution in [1.29, 1.82) is 0 Å². The van der Waals surface area contributed by atoms with Gasteiger partial charge >= 0.3 is 0 Å². The molecule has 0 aromatic rings. The second-order valence-corrected chi connectivity index (χ2v) is 5.65. The molecule has 2 heteroatoms. The maximum Gasteiger partial charge on any atom is 0.0410 e. The molecular formula is C13H24N2. The molecule has 0 aliphatic carbocycles. The Labute approximate surface area is 93.7 Å². The van der Waals surface area contributed by atoms with Crippen LogP contribution >= 0.6 is 0 Å². The van der Waals surface area contributed by atoms with E-state index in [0.29, 0.717) is 11.1 Å². The zero-order valence-corrected chi connectivity index (χ0v) is 10.3. The van der Waals surface area contributed by atoms with Crippen molar-refractivity contribution < 1.29 is 0 Å². The van der Waals surface area contributed by atoms with Crippen molar-refractivity contribution in [2.45, 2.75) is 57.5 Å². The van der Waals surface area contributed by atoms with Crippen molar-refractivity contribution in [3.05, 3.63) is 12.3 Å². The Kier molecular flexibility index (Phi) is 2.80. The van der Waals surface area contributed by atoms with Crippen molar-refractivity contribution >= 4 is 0 Å². The molecule has 0 amide bonds. The van der Waals surface area contributed by atoms with Crippen LogP contribution in [0.1, 0.15) is 46.5 Å². The van der Waals surface area contributed by atoms with E-state index in [0.717, 1.165) is 0 Å². The van der Waals surface area contributed by atoms with Gasteiger partial charge in [-0.15, -0.1) is 0 Å². The van der Waals surface area contributed by atoms with Gasteiger partial charge in [0.1, 0.15) is 0 Å². The third-order valence-electron chi connectivity index (χ3n) is 4.06. The Morgan fingerprint density at radius 3 is 2.53 bits per heavy atom. The number of nitrogens with zero attached hydrogens (tertiary/aromatic N) is 1. The lowest BCUT2D eigenvalue weighted by Gasteiger charge is -2.49. The average molecular weight is 208 g/mol. The fourth-order valence-electron chi connectivity index (χ4n) is 2.77. The van der Waals surface area contributed by atoms with Crippen LogP contribution in [0, 0.1) is 0 Å². The van der Waals surface area contributed by atoms with Gasteiger partial charge < -0.3 is 10.2 Å². The molecule has 1 saturated heterocycles. The van der Waals surface area contributed by atoms with Crippen LogP contribution in [-0.2, 0) is 0 Å². The SMILES string of the molecule is CCCC(C)(C)N1C=CC2(CCN2)CC1. The first kappa shape index (κ1) is 11.0. The first-order valence-corrected chi connectivity index (χ1v) is 6.29. The number of hydrogen-bond acceptors (Lipinski definition) is 2. The van der Waals surface area contributed by atoms with Crippen molar-refractivity contribution in [2.24, 2.45) is 0 Å². The van der Waals surface area contributed by atoms with Gasteiger partial charge in [-0.3, -0.25) is 0 Å². The Balaban J connectivity index is 1.99. The first-order chi connectivity index (χ1) is 7.08. The molecule has 1 N–H and O–H groups in total. The largest absolute Gasteiger partial charge is 0.372 e. The van der Waals surface area contributed by atoms with Crippen LogP contribution in [0.5, 0.6) is 0 Å². The monoisotopic (exact) mass is 208 g/mol. The summed E-state index contributed by atoms with van der Waals surface area (Å²) in [5, 5.41) is 3.55. The Bertz CT molecular complexity index is 251. The lowest BCUT2D eigenvalue weighted by atomic mass is 9.81. The van der Waals surface area contributed by atoms with E-state index < -0.39 is 0 Å². The Morgan fingerprint density at radius 2 is 2.13 bits per heavy atom. The first-order valence-electron chi connectivity index (χ1n) is 6.29. The van der Waals surface area contributed by atoms with E-state index in [1.54, 1.807) is 0 Å². The molecule has 2 aliphatic rings. The van der Waals surface area contributed by atoms with E-state index in [-0.39, 0.29) is 0 Å². The minimum Gasteiger partial charge on any atom is -0.372 e. The lowest BCUT2D eigenvalue weighted by Crippen LogP contribution is -2.59. The van der Waals surface area contributed by atoms with E-state index in [9.17, 15) is 0 Å². The minimum atomic E-state index is 0.330. The average Bonchev–Trinajstić information content (AvgIpc) is 2.15. The predicted octanol–water partition coefficient (Wildman–Crippen LogP) is 2.52. The fourth-order valence-corrected chi connectivity index (χ4v) is 2.77. The molecule has 0 saturated carbocycles. The van der Waals surface area contributed by atoms with Crippen LogP contribution < -0.4 is 5.32 Å². The molecule has 1 fully saturated rings. The molecular weight excluding hydrogens is 184 g/mol. The summed E-state index contributed by atoms with van der Waals surface area (Å²) >= 11 is 0. The van der Waals surface area contributed by atoms with Gasteiger partial charge in [-0.25, -0.2) is 0 Å². The van der Waals surface area contributed by atoms with Gasteiger partial charge in [-0.05, 0) is 51.9 Å². The van der Waals surface area contributed by atoms with Gasteiger partial charge in [0.15, 0.2) is 0 Å². The summed E-state index contributed by atoms with van der Waals surface area (Å²) in [7, 11) is 0. The predicted molar refractivity (Wildman–Crippen MR) is 64.8 cm³/mol. The van der Waals surface area contributed by atoms with Crippen molar-refractivity contribution in [2.75, 3.05) is 13.1 Å².